The van der Waals surface area contributed by atoms with Crippen molar-refractivity contribution >= 4 is 0 Å². The Hall–Kier alpha value is -0.460. The predicted octanol–water partition coefficient (Wildman–Crippen LogP) is 1.01. The van der Waals surface area contributed by atoms with Crippen molar-refractivity contribution in [1.29, 1.82) is 0 Å². The molecule has 5 nitrogen and oxygen atoms in total. The third-order valence-electron chi connectivity index (χ3n) is 3.47. The second-order valence-corrected chi connectivity index (χ2v) is 5.20. The van der Waals surface area contributed by atoms with Crippen LogP contribution in [0.4, 0.5) is 0 Å². The van der Waals surface area contributed by atoms with Gasteiger partial charge < -0.3 is 24.8 Å². The van der Waals surface area contributed by atoms with Gasteiger partial charge in [0.15, 0.2) is 0 Å². The number of rotatable bonds is 10. The number of hydrogen-bond donors (Lipinski definition) is 3. The molecule has 0 aromatic heterocycles. The zero-order chi connectivity index (χ0) is 14.8. The zero-order valence-electron chi connectivity index (χ0n) is 12.3. The van der Waals surface area contributed by atoms with Crippen LogP contribution < -0.4 is 0 Å². The van der Waals surface area contributed by atoms with Gasteiger partial charge in [0.05, 0.1) is 13.2 Å². The van der Waals surface area contributed by atoms with E-state index in [0.29, 0.717) is 6.61 Å². The average Bonchev–Trinajstić information content (AvgIpc) is 2.82. The van der Waals surface area contributed by atoms with Crippen molar-refractivity contribution in [2.24, 2.45) is 0 Å². The van der Waals surface area contributed by atoms with E-state index < -0.39 is 31.0 Å². The Bertz CT molecular complexity index is 269. The van der Waals surface area contributed by atoms with E-state index in [9.17, 15) is 10.2 Å². The van der Waals surface area contributed by atoms with Gasteiger partial charge in [-0.1, -0.05) is 31.9 Å². The molecule has 1 saturated heterocycles. The van der Waals surface area contributed by atoms with E-state index in [0.717, 1.165) is 19.3 Å². The minimum atomic E-state index is -1.06. The van der Waals surface area contributed by atoms with Crippen molar-refractivity contribution in [3.05, 3.63) is 12.2 Å². The smallest absolute Gasteiger partial charge is 0.114 e. The number of unbranched alkanes of at least 4 members (excludes halogenated alkanes) is 3. The number of aliphatic hydroxyl groups is 3. The minimum Gasteiger partial charge on any atom is -0.394 e. The van der Waals surface area contributed by atoms with Crippen LogP contribution in [0.3, 0.4) is 0 Å². The summed E-state index contributed by atoms with van der Waals surface area (Å²) in [5.41, 5.74) is 0. The van der Waals surface area contributed by atoms with Crippen LogP contribution in [0.2, 0.25) is 0 Å². The van der Waals surface area contributed by atoms with Gasteiger partial charge in [0.1, 0.15) is 24.4 Å². The van der Waals surface area contributed by atoms with Crippen LogP contribution in [0.15, 0.2) is 12.2 Å². The molecule has 20 heavy (non-hydrogen) atoms. The van der Waals surface area contributed by atoms with Crippen LogP contribution in [-0.4, -0.2) is 59.6 Å². The van der Waals surface area contributed by atoms with Crippen LogP contribution >= 0.6 is 0 Å². The standard InChI is InChI=1S/C15H28O5/c1-2-3-4-5-6-7-8-9-19-13-11-20-15(14(13)18)12(17)10-16/h5-6,12-18H,2-4,7-11H2,1H3/b6-5+/t12-,13+,14-,15-/m1/s1. The summed E-state index contributed by atoms with van der Waals surface area (Å²) in [7, 11) is 0. The highest BCUT2D eigenvalue weighted by Gasteiger charge is 2.40. The number of aliphatic hydroxyl groups excluding tert-OH is 3. The van der Waals surface area contributed by atoms with Gasteiger partial charge in [-0.05, 0) is 19.3 Å². The highest BCUT2D eigenvalue weighted by molar-refractivity contribution is 4.89. The lowest BCUT2D eigenvalue weighted by molar-refractivity contribution is -0.0729. The van der Waals surface area contributed by atoms with Gasteiger partial charge in [0, 0.05) is 6.61 Å². The maximum atomic E-state index is 9.91. The van der Waals surface area contributed by atoms with E-state index in [4.69, 9.17) is 14.6 Å². The molecule has 0 aromatic carbocycles. The van der Waals surface area contributed by atoms with E-state index in [1.165, 1.54) is 12.8 Å². The molecule has 0 radical (unpaired) electrons. The molecule has 0 unspecified atom stereocenters. The maximum Gasteiger partial charge on any atom is 0.114 e. The normalized spacial score (nSPS) is 28.3. The van der Waals surface area contributed by atoms with E-state index in [2.05, 4.69) is 19.1 Å². The molecule has 0 amide bonds. The molecule has 0 aromatic rings. The zero-order valence-corrected chi connectivity index (χ0v) is 12.3. The lowest BCUT2D eigenvalue weighted by atomic mass is 10.1. The van der Waals surface area contributed by atoms with Gasteiger partial charge in [0.2, 0.25) is 0 Å². The fourth-order valence-electron chi connectivity index (χ4n) is 2.20. The molecule has 0 bridgehead atoms. The molecule has 1 fully saturated rings. The summed E-state index contributed by atoms with van der Waals surface area (Å²) < 4.78 is 10.8. The van der Waals surface area contributed by atoms with Gasteiger partial charge >= 0.3 is 0 Å². The van der Waals surface area contributed by atoms with Crippen molar-refractivity contribution in [2.75, 3.05) is 19.8 Å². The van der Waals surface area contributed by atoms with E-state index in [1.54, 1.807) is 0 Å². The Balaban J connectivity index is 2.09. The molecule has 1 aliphatic rings. The first-order valence-corrected chi connectivity index (χ1v) is 7.55. The third kappa shape index (κ3) is 5.89. The Labute approximate surface area is 121 Å². The van der Waals surface area contributed by atoms with E-state index >= 15 is 0 Å². The van der Waals surface area contributed by atoms with Crippen LogP contribution in [0.25, 0.3) is 0 Å². The third-order valence-corrected chi connectivity index (χ3v) is 3.47. The quantitative estimate of drug-likeness (QED) is 0.413. The first-order valence-electron chi connectivity index (χ1n) is 7.55. The molecular formula is C15H28O5. The van der Waals surface area contributed by atoms with Gasteiger partial charge in [-0.25, -0.2) is 0 Å². The Morgan fingerprint density at radius 2 is 2.00 bits per heavy atom. The molecular weight excluding hydrogens is 260 g/mol. The fourth-order valence-corrected chi connectivity index (χ4v) is 2.20. The first-order chi connectivity index (χ1) is 9.70. The molecule has 0 spiro atoms. The molecule has 0 aliphatic carbocycles. The molecule has 4 atom stereocenters. The lowest BCUT2D eigenvalue weighted by Gasteiger charge is -2.20. The summed E-state index contributed by atoms with van der Waals surface area (Å²) in [6, 6.07) is 0. The fraction of sp³-hybridized carbons (Fsp3) is 0.867. The van der Waals surface area contributed by atoms with Crippen molar-refractivity contribution in [2.45, 2.75) is 63.4 Å². The summed E-state index contributed by atoms with van der Waals surface area (Å²) in [6.45, 7) is 2.58. The highest BCUT2D eigenvalue weighted by Crippen LogP contribution is 2.20. The SMILES string of the molecule is CCCC/C=C/CCCO[C@H]1CO[C@H]([C@H](O)CO)[C@@H]1O. The summed E-state index contributed by atoms with van der Waals surface area (Å²) >= 11 is 0. The highest BCUT2D eigenvalue weighted by atomic mass is 16.6. The topological polar surface area (TPSA) is 79.2 Å². The second-order valence-electron chi connectivity index (χ2n) is 5.20. The van der Waals surface area contributed by atoms with Crippen molar-refractivity contribution < 1.29 is 24.8 Å². The van der Waals surface area contributed by atoms with Crippen LogP contribution in [0, 0.1) is 0 Å². The molecule has 1 aliphatic heterocycles. The molecule has 1 rings (SSSR count). The Morgan fingerprint density at radius 1 is 1.30 bits per heavy atom. The average molecular weight is 288 g/mol. The van der Waals surface area contributed by atoms with Gasteiger partial charge in [0.25, 0.3) is 0 Å². The number of allylic oxidation sites excluding steroid dienone is 2. The van der Waals surface area contributed by atoms with Gasteiger partial charge in [-0.3, -0.25) is 0 Å². The number of hydrogen-bond acceptors (Lipinski definition) is 5. The monoisotopic (exact) mass is 288 g/mol. The van der Waals surface area contributed by atoms with Crippen LogP contribution in [0.5, 0.6) is 0 Å². The lowest BCUT2D eigenvalue weighted by Crippen LogP contribution is -2.41. The second kappa shape index (κ2) is 10.3. The van der Waals surface area contributed by atoms with Gasteiger partial charge in [-0.15, -0.1) is 0 Å². The van der Waals surface area contributed by atoms with Crippen LogP contribution in [-0.2, 0) is 9.47 Å². The summed E-state index contributed by atoms with van der Waals surface area (Å²) in [5.74, 6) is 0. The van der Waals surface area contributed by atoms with E-state index in [1.807, 2.05) is 0 Å². The van der Waals surface area contributed by atoms with Crippen LogP contribution in [0.1, 0.15) is 39.0 Å². The summed E-state index contributed by atoms with van der Waals surface area (Å²) in [4.78, 5) is 0. The Morgan fingerprint density at radius 3 is 2.65 bits per heavy atom. The molecule has 0 saturated carbocycles. The first kappa shape index (κ1) is 17.6. The minimum absolute atomic E-state index is 0.259. The molecule has 3 N–H and O–H groups in total. The molecule has 1 heterocycles. The predicted molar refractivity (Wildman–Crippen MR) is 76.5 cm³/mol. The largest absolute Gasteiger partial charge is 0.394 e. The van der Waals surface area contributed by atoms with Crippen molar-refractivity contribution in [3.8, 4) is 0 Å². The number of ether oxygens (including phenoxy) is 2. The molecule has 5 heteroatoms. The van der Waals surface area contributed by atoms with Crippen molar-refractivity contribution in [3.63, 3.8) is 0 Å². The molecule has 118 valence electrons. The maximum absolute atomic E-state index is 9.91. The van der Waals surface area contributed by atoms with E-state index in [-0.39, 0.29) is 6.61 Å². The summed E-state index contributed by atoms with van der Waals surface area (Å²) in [5, 5.41) is 28.2. The van der Waals surface area contributed by atoms with Crippen molar-refractivity contribution in [1.82, 2.24) is 0 Å². The van der Waals surface area contributed by atoms with Gasteiger partial charge in [-0.2, -0.15) is 0 Å². The Kier molecular flexibility index (Phi) is 9.05. The summed E-state index contributed by atoms with van der Waals surface area (Å²) in [6.07, 6.45) is 6.72.